The van der Waals surface area contributed by atoms with E-state index in [9.17, 15) is 8.42 Å². The first-order valence-electron chi connectivity index (χ1n) is 8.61. The van der Waals surface area contributed by atoms with E-state index in [1.807, 2.05) is 34.5 Å². The van der Waals surface area contributed by atoms with Crippen molar-refractivity contribution < 1.29 is 13.3 Å². The van der Waals surface area contributed by atoms with Crippen molar-refractivity contribution >= 4 is 22.1 Å². The molecule has 6 nitrogen and oxygen atoms in total. The van der Waals surface area contributed by atoms with Crippen LogP contribution in [-0.4, -0.2) is 46.9 Å². The first-order valence-corrected chi connectivity index (χ1v) is 10.8. The molecule has 136 valence electrons. The second kappa shape index (κ2) is 7.39. The summed E-state index contributed by atoms with van der Waals surface area (Å²) in [4.78, 5) is 1.22. The van der Waals surface area contributed by atoms with Crippen molar-refractivity contribution in [1.82, 2.24) is 14.3 Å². The Hall–Kier alpha value is -1.51. The van der Waals surface area contributed by atoms with Crippen LogP contribution in [0.15, 0.2) is 30.3 Å². The first kappa shape index (κ1) is 18.3. The van der Waals surface area contributed by atoms with Crippen molar-refractivity contribution in [3.05, 3.63) is 46.5 Å². The standard InChI is InChI=1S/C17H24N4O2S2/c1-3-20(15-9-10-25(22,23)12-15)13-21-17(24)19(2)16(18-21)11-14-7-5-4-6-8-14/h4-8,15H,3,9-13H2,1-2H3/p+1/t15-/m0/s1. The number of quaternary nitrogens is 1. The van der Waals surface area contributed by atoms with E-state index in [-0.39, 0.29) is 11.8 Å². The molecule has 0 amide bonds. The van der Waals surface area contributed by atoms with Crippen LogP contribution in [0.5, 0.6) is 0 Å². The van der Waals surface area contributed by atoms with E-state index in [2.05, 4.69) is 19.1 Å². The Labute approximate surface area is 154 Å². The largest absolute Gasteiger partial charge is 0.313 e. The van der Waals surface area contributed by atoms with E-state index in [1.165, 1.54) is 10.5 Å². The van der Waals surface area contributed by atoms with E-state index in [0.717, 1.165) is 25.2 Å². The van der Waals surface area contributed by atoms with Crippen LogP contribution >= 0.6 is 12.2 Å². The molecule has 1 aliphatic heterocycles. The van der Waals surface area contributed by atoms with Gasteiger partial charge in [0.15, 0.2) is 16.5 Å². The molecule has 0 saturated carbocycles. The molecular weight excluding hydrogens is 356 g/mol. The summed E-state index contributed by atoms with van der Waals surface area (Å²) in [7, 11) is -0.938. The van der Waals surface area contributed by atoms with Crippen LogP contribution in [0.4, 0.5) is 0 Å². The summed E-state index contributed by atoms with van der Waals surface area (Å²) in [5.41, 5.74) is 1.19. The van der Waals surface area contributed by atoms with Gasteiger partial charge in [-0.15, -0.1) is 0 Å². The van der Waals surface area contributed by atoms with Crippen LogP contribution in [0.1, 0.15) is 24.7 Å². The van der Waals surface area contributed by atoms with Crippen molar-refractivity contribution in [3.8, 4) is 0 Å². The fourth-order valence-electron chi connectivity index (χ4n) is 3.41. The molecular formula is C17H25N4O2S2+. The van der Waals surface area contributed by atoms with E-state index in [1.54, 1.807) is 0 Å². The average molecular weight is 382 g/mol. The summed E-state index contributed by atoms with van der Waals surface area (Å²) in [6.07, 6.45) is 1.45. The monoisotopic (exact) mass is 381 g/mol. The second-order valence-electron chi connectivity index (χ2n) is 6.69. The molecule has 0 bridgehead atoms. The Balaban J connectivity index is 1.78. The van der Waals surface area contributed by atoms with Gasteiger partial charge in [-0.25, -0.2) is 8.42 Å². The second-order valence-corrected chi connectivity index (χ2v) is 9.28. The Kier molecular flexibility index (Phi) is 5.41. The van der Waals surface area contributed by atoms with Gasteiger partial charge < -0.3 is 9.47 Å². The molecule has 0 radical (unpaired) electrons. The van der Waals surface area contributed by atoms with Crippen LogP contribution in [-0.2, 0) is 30.0 Å². The number of aromatic nitrogens is 3. The van der Waals surface area contributed by atoms with Gasteiger partial charge in [0, 0.05) is 19.9 Å². The first-order chi connectivity index (χ1) is 11.9. The zero-order chi connectivity index (χ0) is 18.0. The Morgan fingerprint density at radius 2 is 2.04 bits per heavy atom. The lowest BCUT2D eigenvalue weighted by molar-refractivity contribution is -0.943. The maximum absolute atomic E-state index is 11.8. The molecule has 25 heavy (non-hydrogen) atoms. The predicted molar refractivity (Wildman–Crippen MR) is 99.8 cm³/mol. The van der Waals surface area contributed by atoms with Gasteiger partial charge in [-0.05, 0) is 24.7 Å². The smallest absolute Gasteiger partial charge is 0.202 e. The van der Waals surface area contributed by atoms with E-state index >= 15 is 0 Å². The average Bonchev–Trinajstić information content (AvgIpc) is 3.08. The maximum Gasteiger partial charge on any atom is 0.202 e. The van der Waals surface area contributed by atoms with Gasteiger partial charge in [-0.2, -0.15) is 9.78 Å². The highest BCUT2D eigenvalue weighted by molar-refractivity contribution is 7.91. The van der Waals surface area contributed by atoms with Crippen LogP contribution < -0.4 is 4.90 Å². The number of hydrogen-bond acceptors (Lipinski definition) is 4. The van der Waals surface area contributed by atoms with Gasteiger partial charge in [0.2, 0.25) is 4.77 Å². The highest BCUT2D eigenvalue weighted by atomic mass is 32.2. The fraction of sp³-hybridized carbons (Fsp3) is 0.529. The molecule has 1 unspecified atom stereocenters. The summed E-state index contributed by atoms with van der Waals surface area (Å²) in [5, 5.41) is 4.71. The third kappa shape index (κ3) is 4.19. The van der Waals surface area contributed by atoms with Crippen LogP contribution in [0.3, 0.4) is 0 Å². The molecule has 0 spiro atoms. The highest BCUT2D eigenvalue weighted by Crippen LogP contribution is 2.10. The molecule has 1 saturated heterocycles. The molecule has 1 fully saturated rings. The van der Waals surface area contributed by atoms with Crippen molar-refractivity contribution in [2.45, 2.75) is 32.5 Å². The van der Waals surface area contributed by atoms with Gasteiger partial charge in [0.25, 0.3) is 0 Å². The van der Waals surface area contributed by atoms with Crippen LogP contribution in [0.2, 0.25) is 0 Å². The summed E-state index contributed by atoms with van der Waals surface area (Å²) in [5.74, 6) is 1.49. The molecule has 2 aromatic rings. The molecule has 2 heterocycles. The minimum Gasteiger partial charge on any atom is -0.313 e. The number of nitrogens with zero attached hydrogens (tertiary/aromatic N) is 3. The third-order valence-corrected chi connectivity index (χ3v) is 7.21. The Bertz CT molecular complexity index is 887. The quantitative estimate of drug-likeness (QED) is 0.744. The summed E-state index contributed by atoms with van der Waals surface area (Å²) in [6.45, 7) is 3.54. The SMILES string of the molecule is CC[NH+](Cn1nc(Cc2ccccc2)n(C)c1=S)[C@H]1CCS(=O)(=O)C1. The lowest BCUT2D eigenvalue weighted by atomic mass is 10.1. The van der Waals surface area contributed by atoms with Gasteiger partial charge in [-0.1, -0.05) is 30.3 Å². The van der Waals surface area contributed by atoms with Crippen molar-refractivity contribution in [1.29, 1.82) is 0 Å². The van der Waals surface area contributed by atoms with Gasteiger partial charge >= 0.3 is 0 Å². The zero-order valence-electron chi connectivity index (χ0n) is 14.7. The molecule has 2 atom stereocenters. The van der Waals surface area contributed by atoms with E-state index in [4.69, 9.17) is 17.3 Å². The van der Waals surface area contributed by atoms with E-state index < -0.39 is 9.84 Å². The van der Waals surface area contributed by atoms with Crippen molar-refractivity contribution in [2.75, 3.05) is 18.1 Å². The van der Waals surface area contributed by atoms with Crippen LogP contribution in [0, 0.1) is 4.77 Å². The fourth-order valence-corrected chi connectivity index (χ4v) is 5.44. The van der Waals surface area contributed by atoms with Gasteiger partial charge in [0.05, 0.1) is 12.3 Å². The van der Waals surface area contributed by atoms with Gasteiger partial charge in [0.1, 0.15) is 17.6 Å². The minimum atomic E-state index is -2.88. The lowest BCUT2D eigenvalue weighted by Gasteiger charge is -2.23. The third-order valence-electron chi connectivity index (χ3n) is 4.95. The van der Waals surface area contributed by atoms with Crippen molar-refractivity contribution in [3.63, 3.8) is 0 Å². The number of hydrogen-bond donors (Lipinski definition) is 1. The number of nitrogens with one attached hydrogen (secondary N) is 1. The Morgan fingerprint density at radius 3 is 2.64 bits per heavy atom. The molecule has 0 aliphatic carbocycles. The van der Waals surface area contributed by atoms with Gasteiger partial charge in [-0.3, -0.25) is 0 Å². The topological polar surface area (TPSA) is 61.3 Å². The zero-order valence-corrected chi connectivity index (χ0v) is 16.3. The number of benzene rings is 1. The number of sulfone groups is 1. The molecule has 1 N–H and O–H groups in total. The minimum absolute atomic E-state index is 0.136. The van der Waals surface area contributed by atoms with Crippen LogP contribution in [0.25, 0.3) is 0 Å². The maximum atomic E-state index is 11.8. The molecule has 3 rings (SSSR count). The van der Waals surface area contributed by atoms with Crippen molar-refractivity contribution in [2.24, 2.45) is 7.05 Å². The highest BCUT2D eigenvalue weighted by Gasteiger charge is 2.35. The summed E-state index contributed by atoms with van der Waals surface area (Å²) in [6, 6.07) is 10.3. The van der Waals surface area contributed by atoms with E-state index in [0.29, 0.717) is 17.2 Å². The predicted octanol–water partition coefficient (Wildman–Crippen LogP) is 0.591. The molecule has 1 aliphatic rings. The number of rotatable bonds is 6. The Morgan fingerprint density at radius 1 is 1.32 bits per heavy atom. The molecule has 1 aromatic carbocycles. The molecule has 1 aromatic heterocycles. The summed E-state index contributed by atoms with van der Waals surface area (Å²) >= 11 is 5.55. The normalized spacial score (nSPS) is 20.6. The lowest BCUT2D eigenvalue weighted by Crippen LogP contribution is -3.15. The summed E-state index contributed by atoms with van der Waals surface area (Å²) < 4.78 is 28.0. The molecule has 8 heteroatoms.